The van der Waals surface area contributed by atoms with Crippen LogP contribution in [0.15, 0.2) is 53.3 Å². The molecule has 8 heteroatoms. The molecule has 28 heavy (non-hydrogen) atoms. The summed E-state index contributed by atoms with van der Waals surface area (Å²) in [7, 11) is 0. The molecule has 0 saturated carbocycles. The molecule has 2 aromatic heterocycles. The molecule has 0 unspecified atom stereocenters. The summed E-state index contributed by atoms with van der Waals surface area (Å²) in [4.78, 5) is 26.8. The Labute approximate surface area is 165 Å². The minimum absolute atomic E-state index is 0.0204. The molecule has 3 aromatic rings. The van der Waals surface area contributed by atoms with Crippen molar-refractivity contribution in [2.75, 3.05) is 18.0 Å². The van der Waals surface area contributed by atoms with E-state index in [1.807, 2.05) is 36.4 Å². The Morgan fingerprint density at radius 3 is 2.68 bits per heavy atom. The molecule has 2 bridgehead atoms. The molecule has 3 atom stereocenters. The smallest absolute Gasteiger partial charge is 0.251 e. The number of nitrogens with two attached hydrogens (primary N) is 1. The fourth-order valence-electron chi connectivity index (χ4n) is 4.50. The van der Waals surface area contributed by atoms with Crippen LogP contribution >= 0.6 is 11.3 Å². The molecular weight excluding hydrogens is 374 g/mol. The van der Waals surface area contributed by atoms with Gasteiger partial charge in [0, 0.05) is 42.2 Å². The first-order chi connectivity index (χ1) is 13.6. The fraction of sp³-hybridized carbons (Fsp3) is 0.300. The van der Waals surface area contributed by atoms with E-state index in [2.05, 4.69) is 15.1 Å². The zero-order chi connectivity index (χ0) is 19.3. The quantitative estimate of drug-likeness (QED) is 0.735. The Morgan fingerprint density at radius 2 is 1.89 bits per heavy atom. The monoisotopic (exact) mass is 393 g/mol. The van der Waals surface area contributed by atoms with Gasteiger partial charge in [-0.15, -0.1) is 10.2 Å². The van der Waals surface area contributed by atoms with E-state index < -0.39 is 11.9 Å². The highest BCUT2D eigenvalue weighted by molar-refractivity contribution is 7.18. The number of carbonyl (C=O) groups is 1. The highest BCUT2D eigenvalue weighted by atomic mass is 32.1. The maximum Gasteiger partial charge on any atom is 0.251 e. The van der Waals surface area contributed by atoms with Gasteiger partial charge in [0.25, 0.3) is 5.56 Å². The first kappa shape index (κ1) is 17.1. The van der Waals surface area contributed by atoms with Crippen LogP contribution in [-0.4, -0.2) is 33.8 Å². The Morgan fingerprint density at radius 1 is 1.07 bits per heavy atom. The van der Waals surface area contributed by atoms with Gasteiger partial charge in [-0.2, -0.15) is 0 Å². The lowest BCUT2D eigenvalue weighted by molar-refractivity contribution is -0.123. The van der Waals surface area contributed by atoms with E-state index in [0.717, 1.165) is 34.4 Å². The average Bonchev–Trinajstić information content (AvgIpc) is 3.19. The zero-order valence-electron chi connectivity index (χ0n) is 15.1. The summed E-state index contributed by atoms with van der Waals surface area (Å²) in [5.74, 6) is -0.317. The number of benzene rings is 1. The van der Waals surface area contributed by atoms with Crippen molar-refractivity contribution in [1.29, 1.82) is 0 Å². The van der Waals surface area contributed by atoms with Crippen LogP contribution in [-0.2, 0) is 4.79 Å². The summed E-state index contributed by atoms with van der Waals surface area (Å²) < 4.78 is 1.61. The average molecular weight is 393 g/mol. The normalized spacial score (nSPS) is 23.3. The van der Waals surface area contributed by atoms with Crippen LogP contribution in [0.25, 0.3) is 10.6 Å². The second kappa shape index (κ2) is 6.56. The fourth-order valence-corrected chi connectivity index (χ4v) is 5.36. The topological polar surface area (TPSA) is 94.1 Å². The minimum atomic E-state index is -0.621. The number of fused-ring (bicyclic) bond motifs is 4. The summed E-state index contributed by atoms with van der Waals surface area (Å²) in [5, 5.41) is 10.5. The van der Waals surface area contributed by atoms with Crippen LogP contribution in [0.4, 0.5) is 5.13 Å². The summed E-state index contributed by atoms with van der Waals surface area (Å²) in [6.45, 7) is 1.38. The van der Waals surface area contributed by atoms with Crippen LogP contribution < -0.4 is 16.2 Å². The number of hydrogen-bond acceptors (Lipinski definition) is 6. The molecule has 5 rings (SSSR count). The third kappa shape index (κ3) is 2.72. The molecule has 2 aliphatic heterocycles. The van der Waals surface area contributed by atoms with Gasteiger partial charge in [0.05, 0.1) is 0 Å². The molecule has 1 fully saturated rings. The highest BCUT2D eigenvalue weighted by Crippen LogP contribution is 2.43. The molecule has 142 valence electrons. The van der Waals surface area contributed by atoms with Crippen molar-refractivity contribution in [3.63, 3.8) is 0 Å². The summed E-state index contributed by atoms with van der Waals surface area (Å²) >= 11 is 1.54. The molecule has 2 N–H and O–H groups in total. The predicted octanol–water partition coefficient (Wildman–Crippen LogP) is 2.02. The van der Waals surface area contributed by atoms with Crippen LogP contribution in [0.3, 0.4) is 0 Å². The second-order valence-electron chi connectivity index (χ2n) is 7.36. The van der Waals surface area contributed by atoms with Crippen LogP contribution in [0.1, 0.15) is 24.1 Å². The molecule has 0 aliphatic carbocycles. The van der Waals surface area contributed by atoms with Crippen LogP contribution in [0, 0.1) is 5.92 Å². The standard InChI is InChI=1S/C20H19N5O2S/c21-18(27)17-14-9-13(15-7-4-8-16(26)25(15)17)10-24(11-14)20-23-22-19(28-20)12-5-2-1-3-6-12/h1-8,13-14,17H,9-11H2,(H2,21,27)/t13-,14+,17-/m1/s1. The third-order valence-corrected chi connectivity index (χ3v) is 6.68. The highest BCUT2D eigenvalue weighted by Gasteiger charge is 2.43. The maximum atomic E-state index is 12.4. The molecule has 1 aromatic carbocycles. The lowest BCUT2D eigenvalue weighted by Crippen LogP contribution is -2.52. The summed E-state index contributed by atoms with van der Waals surface area (Å²) in [5.41, 5.74) is 7.46. The molecule has 1 amide bonds. The van der Waals surface area contributed by atoms with Gasteiger partial charge in [0.2, 0.25) is 11.0 Å². The van der Waals surface area contributed by atoms with Gasteiger partial charge in [-0.3, -0.25) is 14.2 Å². The van der Waals surface area contributed by atoms with Gasteiger partial charge in [-0.1, -0.05) is 47.7 Å². The number of rotatable bonds is 3. The lowest BCUT2D eigenvalue weighted by atomic mass is 9.78. The largest absolute Gasteiger partial charge is 0.368 e. The Balaban J connectivity index is 1.51. The van der Waals surface area contributed by atoms with E-state index in [1.54, 1.807) is 22.0 Å². The molecule has 0 radical (unpaired) electrons. The van der Waals surface area contributed by atoms with Gasteiger partial charge in [-0.25, -0.2) is 0 Å². The Hall–Kier alpha value is -3.00. The first-order valence-corrected chi connectivity index (χ1v) is 10.1. The number of primary amides is 1. The van der Waals surface area contributed by atoms with Gasteiger partial charge in [-0.05, 0) is 12.5 Å². The van der Waals surface area contributed by atoms with E-state index in [-0.39, 0.29) is 17.4 Å². The predicted molar refractivity (Wildman–Crippen MR) is 107 cm³/mol. The van der Waals surface area contributed by atoms with E-state index in [9.17, 15) is 9.59 Å². The SMILES string of the molecule is NC(=O)[C@H]1[C@H]2C[C@H](CN(c3nnc(-c4ccccc4)s3)C2)c2cccc(=O)n21. The number of piperidine rings is 1. The molecule has 1 saturated heterocycles. The first-order valence-electron chi connectivity index (χ1n) is 9.26. The third-order valence-electron chi connectivity index (χ3n) is 5.64. The number of pyridine rings is 1. The summed E-state index contributed by atoms with van der Waals surface area (Å²) in [6, 6.07) is 14.5. The van der Waals surface area contributed by atoms with E-state index in [1.165, 1.54) is 6.07 Å². The molecule has 7 nitrogen and oxygen atoms in total. The number of aromatic nitrogens is 3. The number of nitrogens with zero attached hydrogens (tertiary/aromatic N) is 4. The van der Waals surface area contributed by atoms with Crippen molar-refractivity contribution in [3.05, 3.63) is 64.6 Å². The number of carbonyl (C=O) groups excluding carboxylic acids is 1. The number of hydrogen-bond donors (Lipinski definition) is 1. The van der Waals surface area contributed by atoms with Gasteiger partial charge < -0.3 is 10.6 Å². The van der Waals surface area contributed by atoms with Crippen molar-refractivity contribution in [3.8, 4) is 10.6 Å². The Bertz CT molecular complexity index is 1090. The van der Waals surface area contributed by atoms with Gasteiger partial charge >= 0.3 is 0 Å². The van der Waals surface area contributed by atoms with Crippen LogP contribution in [0.5, 0.6) is 0 Å². The zero-order valence-corrected chi connectivity index (χ0v) is 15.9. The maximum absolute atomic E-state index is 12.4. The van der Waals surface area contributed by atoms with Crippen molar-refractivity contribution in [2.45, 2.75) is 18.4 Å². The molecule has 2 aliphatic rings. The second-order valence-corrected chi connectivity index (χ2v) is 8.32. The molecule has 4 heterocycles. The van der Waals surface area contributed by atoms with E-state index in [0.29, 0.717) is 6.54 Å². The Kier molecular flexibility index (Phi) is 4.01. The van der Waals surface area contributed by atoms with Gasteiger partial charge in [0.1, 0.15) is 11.0 Å². The van der Waals surface area contributed by atoms with Crippen molar-refractivity contribution >= 4 is 22.4 Å². The van der Waals surface area contributed by atoms with E-state index in [4.69, 9.17) is 5.73 Å². The molecular formula is C20H19N5O2S. The van der Waals surface area contributed by atoms with Crippen molar-refractivity contribution in [1.82, 2.24) is 14.8 Å². The minimum Gasteiger partial charge on any atom is -0.368 e. The van der Waals surface area contributed by atoms with Crippen molar-refractivity contribution < 1.29 is 4.79 Å². The number of anilines is 1. The van der Waals surface area contributed by atoms with Crippen molar-refractivity contribution in [2.24, 2.45) is 11.7 Å². The lowest BCUT2D eigenvalue weighted by Gasteiger charge is -2.45. The summed E-state index contributed by atoms with van der Waals surface area (Å²) in [6.07, 6.45) is 0.845. The number of amides is 1. The van der Waals surface area contributed by atoms with Crippen LogP contribution in [0.2, 0.25) is 0 Å². The molecule has 0 spiro atoms. The van der Waals surface area contributed by atoms with E-state index >= 15 is 0 Å². The van der Waals surface area contributed by atoms with Gasteiger partial charge in [0.15, 0.2) is 0 Å².